The van der Waals surface area contributed by atoms with Gasteiger partial charge < -0.3 is 9.64 Å². The monoisotopic (exact) mass is 377 g/mol. The molecule has 2 heterocycles. The van der Waals surface area contributed by atoms with Gasteiger partial charge in [-0.15, -0.1) is 0 Å². The molecule has 2 aromatic carbocycles. The maximum Gasteiger partial charge on any atom is 0.261 e. The average Bonchev–Trinajstić information content (AvgIpc) is 2.73. The van der Waals surface area contributed by atoms with Gasteiger partial charge in [-0.2, -0.15) is 0 Å². The lowest BCUT2D eigenvalue weighted by Crippen LogP contribution is -2.38. The van der Waals surface area contributed by atoms with E-state index in [1.165, 1.54) is 22.0 Å². The number of benzene rings is 2. The molecule has 1 aliphatic heterocycles. The minimum absolute atomic E-state index is 0.00564. The Balaban J connectivity index is 1.35. The van der Waals surface area contributed by atoms with Crippen molar-refractivity contribution in [2.45, 2.75) is 32.1 Å². The van der Waals surface area contributed by atoms with Gasteiger partial charge in [0.1, 0.15) is 0 Å². The smallest absolute Gasteiger partial charge is 0.261 e. The second-order valence-electron chi connectivity index (χ2n) is 7.19. The van der Waals surface area contributed by atoms with Crippen molar-refractivity contribution in [1.29, 1.82) is 0 Å². The van der Waals surface area contributed by atoms with Crippen molar-refractivity contribution in [2.75, 3.05) is 13.6 Å². The minimum Gasteiger partial charge on any atom is -0.371 e. The van der Waals surface area contributed by atoms with Crippen LogP contribution in [0.15, 0.2) is 59.7 Å². The van der Waals surface area contributed by atoms with Crippen molar-refractivity contribution < 1.29 is 9.53 Å². The van der Waals surface area contributed by atoms with Crippen LogP contribution in [-0.4, -0.2) is 40.1 Å². The lowest BCUT2D eigenvalue weighted by atomic mass is 9.99. The molecule has 6 heteroatoms. The summed E-state index contributed by atoms with van der Waals surface area (Å²) in [5.41, 5.74) is 3.06. The Morgan fingerprint density at radius 1 is 1.18 bits per heavy atom. The first-order valence-electron chi connectivity index (χ1n) is 9.48. The number of ether oxygens (including phenoxy) is 1. The minimum atomic E-state index is -0.117. The predicted octanol–water partition coefficient (Wildman–Crippen LogP) is 2.39. The van der Waals surface area contributed by atoms with Gasteiger partial charge in [-0.25, -0.2) is 4.98 Å². The third-order valence-corrected chi connectivity index (χ3v) is 5.24. The number of hydrogen-bond donors (Lipinski definition) is 0. The number of fused-ring (bicyclic) bond motifs is 2. The Hall–Kier alpha value is -2.99. The van der Waals surface area contributed by atoms with Gasteiger partial charge >= 0.3 is 0 Å². The van der Waals surface area contributed by atoms with Crippen LogP contribution in [-0.2, 0) is 29.1 Å². The molecule has 0 bridgehead atoms. The van der Waals surface area contributed by atoms with E-state index in [1.807, 2.05) is 30.3 Å². The predicted molar refractivity (Wildman–Crippen MR) is 107 cm³/mol. The number of amides is 1. The normalized spacial score (nSPS) is 16.0. The number of carbonyl (C=O) groups is 1. The van der Waals surface area contributed by atoms with Crippen molar-refractivity contribution >= 4 is 16.8 Å². The van der Waals surface area contributed by atoms with Crippen molar-refractivity contribution in [2.24, 2.45) is 0 Å². The fraction of sp³-hybridized carbons (Fsp3) is 0.318. The molecular formula is C22H23N3O3. The van der Waals surface area contributed by atoms with Crippen LogP contribution in [0.3, 0.4) is 0 Å². The topological polar surface area (TPSA) is 64.4 Å². The molecule has 1 amide bonds. The maximum atomic E-state index is 12.5. The summed E-state index contributed by atoms with van der Waals surface area (Å²) < 4.78 is 7.40. The number of carbonyl (C=O) groups excluding carboxylic acids is 1. The van der Waals surface area contributed by atoms with E-state index >= 15 is 0 Å². The molecule has 6 nitrogen and oxygen atoms in total. The molecule has 1 aromatic heterocycles. The maximum absolute atomic E-state index is 12.5. The van der Waals surface area contributed by atoms with E-state index in [9.17, 15) is 9.59 Å². The average molecular weight is 377 g/mol. The third-order valence-electron chi connectivity index (χ3n) is 5.24. The molecule has 3 aromatic rings. The van der Waals surface area contributed by atoms with Crippen LogP contribution >= 0.6 is 0 Å². The molecular weight excluding hydrogens is 354 g/mol. The lowest BCUT2D eigenvalue weighted by Gasteiger charge is -2.29. The Morgan fingerprint density at radius 2 is 1.93 bits per heavy atom. The fourth-order valence-electron chi connectivity index (χ4n) is 3.61. The summed E-state index contributed by atoms with van der Waals surface area (Å²) in [5, 5.41) is 0.570. The molecule has 1 aliphatic rings. The first-order valence-corrected chi connectivity index (χ1v) is 9.48. The molecule has 0 saturated heterocycles. The molecule has 0 radical (unpaired) electrons. The van der Waals surface area contributed by atoms with Crippen LogP contribution in [0.2, 0.25) is 0 Å². The molecule has 0 N–H and O–H groups in total. The Labute approximate surface area is 163 Å². The van der Waals surface area contributed by atoms with E-state index in [-0.39, 0.29) is 24.0 Å². The molecule has 0 spiro atoms. The van der Waals surface area contributed by atoms with Crippen molar-refractivity contribution in [3.63, 3.8) is 0 Å². The first-order chi connectivity index (χ1) is 13.6. The zero-order valence-corrected chi connectivity index (χ0v) is 15.9. The molecule has 0 aliphatic carbocycles. The first kappa shape index (κ1) is 18.4. The Bertz CT molecular complexity index is 1060. The van der Waals surface area contributed by atoms with Gasteiger partial charge in [-0.05, 0) is 23.3 Å². The summed E-state index contributed by atoms with van der Waals surface area (Å²) in [5.74, 6) is -0.0116. The number of likely N-dealkylation sites (N-methyl/N-ethyl adjacent to an activating group) is 1. The number of nitrogens with zero attached hydrogens (tertiary/aromatic N) is 3. The molecule has 0 fully saturated rings. The zero-order valence-electron chi connectivity index (χ0n) is 15.9. The zero-order chi connectivity index (χ0) is 19.5. The second-order valence-corrected chi connectivity index (χ2v) is 7.19. The molecule has 1 atom stereocenters. The summed E-state index contributed by atoms with van der Waals surface area (Å²) >= 11 is 0. The summed E-state index contributed by atoms with van der Waals surface area (Å²) in [6, 6.07) is 15.5. The van der Waals surface area contributed by atoms with Crippen molar-refractivity contribution in [3.05, 3.63) is 76.3 Å². The highest BCUT2D eigenvalue weighted by Crippen LogP contribution is 2.20. The Kier molecular flexibility index (Phi) is 5.21. The highest BCUT2D eigenvalue weighted by molar-refractivity contribution is 5.77. The van der Waals surface area contributed by atoms with Crippen LogP contribution in [0.1, 0.15) is 17.5 Å². The van der Waals surface area contributed by atoms with Gasteiger partial charge in [0.05, 0.1) is 29.9 Å². The SMILES string of the molecule is CN(CC1Cc2ccccc2CO1)C(=O)CCn1cnc2ccccc2c1=O. The van der Waals surface area contributed by atoms with E-state index in [0.717, 1.165) is 6.42 Å². The summed E-state index contributed by atoms with van der Waals surface area (Å²) in [7, 11) is 1.79. The van der Waals surface area contributed by atoms with Crippen LogP contribution < -0.4 is 5.56 Å². The van der Waals surface area contributed by atoms with E-state index in [0.29, 0.717) is 30.6 Å². The largest absolute Gasteiger partial charge is 0.371 e. The molecule has 1 unspecified atom stereocenters. The number of para-hydroxylation sites is 1. The van der Waals surface area contributed by atoms with Gasteiger partial charge in [0, 0.05) is 33.0 Å². The number of aromatic nitrogens is 2. The van der Waals surface area contributed by atoms with Crippen LogP contribution in [0.5, 0.6) is 0 Å². The quantitative estimate of drug-likeness (QED) is 0.685. The van der Waals surface area contributed by atoms with Gasteiger partial charge in [-0.1, -0.05) is 36.4 Å². The van der Waals surface area contributed by atoms with Crippen molar-refractivity contribution in [3.8, 4) is 0 Å². The fourth-order valence-corrected chi connectivity index (χ4v) is 3.61. The highest BCUT2D eigenvalue weighted by Gasteiger charge is 2.22. The summed E-state index contributed by atoms with van der Waals surface area (Å²) in [4.78, 5) is 31.1. The van der Waals surface area contributed by atoms with Crippen LogP contribution in [0.4, 0.5) is 0 Å². The lowest BCUT2D eigenvalue weighted by molar-refractivity contribution is -0.132. The number of rotatable bonds is 5. The standard InChI is InChI=1S/C22H23N3O3/c1-24(13-18-12-16-6-2-3-7-17(16)14-28-18)21(26)10-11-25-15-23-20-9-5-4-8-19(20)22(25)27/h2-9,15,18H,10-14H2,1H3. The third kappa shape index (κ3) is 3.82. The highest BCUT2D eigenvalue weighted by atomic mass is 16.5. The summed E-state index contributed by atoms with van der Waals surface area (Å²) in [6.07, 6.45) is 2.56. The van der Waals surface area contributed by atoms with Gasteiger partial charge in [0.2, 0.25) is 5.91 Å². The number of hydrogen-bond acceptors (Lipinski definition) is 4. The van der Waals surface area contributed by atoms with Crippen LogP contribution in [0, 0.1) is 0 Å². The molecule has 0 saturated carbocycles. The van der Waals surface area contributed by atoms with E-state index in [4.69, 9.17) is 4.74 Å². The molecule has 4 rings (SSSR count). The second kappa shape index (κ2) is 7.94. The number of aryl methyl sites for hydroxylation is 1. The van der Waals surface area contributed by atoms with Crippen LogP contribution in [0.25, 0.3) is 10.9 Å². The molecule has 28 heavy (non-hydrogen) atoms. The van der Waals surface area contributed by atoms with Gasteiger partial charge in [0.25, 0.3) is 5.56 Å². The Morgan fingerprint density at radius 3 is 2.79 bits per heavy atom. The van der Waals surface area contributed by atoms with E-state index in [1.54, 1.807) is 18.0 Å². The van der Waals surface area contributed by atoms with E-state index < -0.39 is 0 Å². The van der Waals surface area contributed by atoms with E-state index in [2.05, 4.69) is 17.1 Å². The van der Waals surface area contributed by atoms with Gasteiger partial charge in [0.15, 0.2) is 0 Å². The van der Waals surface area contributed by atoms with Crippen molar-refractivity contribution in [1.82, 2.24) is 14.5 Å². The molecule has 144 valence electrons. The summed E-state index contributed by atoms with van der Waals surface area (Å²) in [6.45, 7) is 1.44. The van der Waals surface area contributed by atoms with Gasteiger partial charge in [-0.3, -0.25) is 14.2 Å².